The van der Waals surface area contributed by atoms with Crippen molar-refractivity contribution in [2.24, 2.45) is 0 Å². The molecule has 2 aromatic rings. The topological polar surface area (TPSA) is 62.5 Å². The Balaban J connectivity index is 1.72. The van der Waals surface area contributed by atoms with Gasteiger partial charge in [0.2, 0.25) is 0 Å². The fraction of sp³-hybridized carbons (Fsp3) is 0.476. The maximum absolute atomic E-state index is 10.3. The van der Waals surface area contributed by atoms with E-state index >= 15 is 0 Å². The smallest absolute Gasteiger partial charge is 0.198 e. The van der Waals surface area contributed by atoms with Crippen molar-refractivity contribution in [3.8, 4) is 6.07 Å². The molecule has 0 amide bonds. The molecule has 0 radical (unpaired) electrons. The lowest BCUT2D eigenvalue weighted by atomic mass is 9.89. The van der Waals surface area contributed by atoms with Crippen LogP contribution in [0, 0.1) is 11.3 Å². The molecular formula is C21H23NO3S. The molecule has 4 nitrogen and oxygen atoms in total. The highest BCUT2D eigenvalue weighted by molar-refractivity contribution is 7.12. The molecule has 3 atom stereocenters. The average molecular weight is 369 g/mol. The summed E-state index contributed by atoms with van der Waals surface area (Å²) in [6, 6.07) is 10.6. The third kappa shape index (κ3) is 3.08. The lowest BCUT2D eigenvalue weighted by Crippen LogP contribution is -2.43. The highest BCUT2D eigenvalue weighted by Gasteiger charge is 2.47. The van der Waals surface area contributed by atoms with Crippen LogP contribution in [0.1, 0.15) is 58.7 Å². The number of aliphatic hydroxyl groups excluding tert-OH is 1. The van der Waals surface area contributed by atoms with Crippen LogP contribution in [0.25, 0.3) is 0 Å². The molecule has 0 saturated carbocycles. The number of hydrogen-bond acceptors (Lipinski definition) is 5. The standard InChI is InChI=1S/C21H23NO3S/c1-3-18-4-5-19(26-18)8-14-9-20-16(7-15(14)11-22)12-24-21(20)10-17(23)6-13(2)25-21/h4-5,7,9,13,17,23H,3,6,8,10,12H2,1-2H3/t13-,17+,21-/m1/s1. The molecule has 0 unspecified atom stereocenters. The van der Waals surface area contributed by atoms with E-state index in [0.717, 1.165) is 29.5 Å². The lowest BCUT2D eigenvalue weighted by molar-refractivity contribution is -0.295. The Morgan fingerprint density at radius 3 is 2.85 bits per heavy atom. The number of benzene rings is 1. The minimum atomic E-state index is -0.876. The maximum atomic E-state index is 10.3. The molecule has 1 aromatic carbocycles. The van der Waals surface area contributed by atoms with Crippen molar-refractivity contribution >= 4 is 11.3 Å². The third-order valence-corrected chi connectivity index (χ3v) is 6.48. The van der Waals surface area contributed by atoms with Crippen LogP contribution >= 0.6 is 11.3 Å². The van der Waals surface area contributed by atoms with Gasteiger partial charge in [0.1, 0.15) is 0 Å². The molecule has 1 spiro atoms. The molecule has 2 aliphatic heterocycles. The molecule has 136 valence electrons. The van der Waals surface area contributed by atoms with Gasteiger partial charge in [-0.1, -0.05) is 6.92 Å². The summed E-state index contributed by atoms with van der Waals surface area (Å²) in [6.45, 7) is 4.54. The van der Waals surface area contributed by atoms with E-state index in [-0.39, 0.29) is 6.10 Å². The Bertz CT molecular complexity index is 857. The molecular weight excluding hydrogens is 346 g/mol. The van der Waals surface area contributed by atoms with Gasteiger partial charge in [-0.25, -0.2) is 0 Å². The van der Waals surface area contributed by atoms with E-state index in [9.17, 15) is 10.4 Å². The van der Waals surface area contributed by atoms with E-state index in [4.69, 9.17) is 9.47 Å². The van der Waals surface area contributed by atoms with Gasteiger partial charge >= 0.3 is 0 Å². The second kappa shape index (κ2) is 6.79. The Labute approximate surface area is 158 Å². The fourth-order valence-corrected chi connectivity index (χ4v) is 5.03. The Hall–Kier alpha value is -1.71. The van der Waals surface area contributed by atoms with Crippen molar-refractivity contribution in [3.05, 3.63) is 56.3 Å². The average Bonchev–Trinajstić information content (AvgIpc) is 3.19. The van der Waals surface area contributed by atoms with E-state index in [1.54, 1.807) is 11.3 Å². The van der Waals surface area contributed by atoms with E-state index in [1.165, 1.54) is 9.75 Å². The first-order chi connectivity index (χ1) is 12.5. The number of nitriles is 1. The van der Waals surface area contributed by atoms with Crippen LogP contribution in [0.15, 0.2) is 24.3 Å². The number of hydrogen-bond donors (Lipinski definition) is 1. The number of fused-ring (bicyclic) bond motifs is 2. The first-order valence-electron chi connectivity index (χ1n) is 9.17. The van der Waals surface area contributed by atoms with Gasteiger partial charge in [0.25, 0.3) is 0 Å². The van der Waals surface area contributed by atoms with E-state index < -0.39 is 11.9 Å². The number of ether oxygens (including phenoxy) is 2. The summed E-state index contributed by atoms with van der Waals surface area (Å²) in [5.41, 5.74) is 3.66. The fourth-order valence-electron chi connectivity index (χ4n) is 4.05. The summed E-state index contributed by atoms with van der Waals surface area (Å²) in [4.78, 5) is 2.61. The molecule has 3 heterocycles. The highest BCUT2D eigenvalue weighted by atomic mass is 32.1. The Kier molecular flexibility index (Phi) is 4.62. The van der Waals surface area contributed by atoms with Gasteiger partial charge in [0.15, 0.2) is 5.79 Å². The van der Waals surface area contributed by atoms with Crippen molar-refractivity contribution in [1.82, 2.24) is 0 Å². The summed E-state index contributed by atoms with van der Waals surface area (Å²) in [5.74, 6) is -0.876. The number of aryl methyl sites for hydroxylation is 1. The Morgan fingerprint density at radius 1 is 1.35 bits per heavy atom. The summed E-state index contributed by atoms with van der Waals surface area (Å²) >= 11 is 1.80. The van der Waals surface area contributed by atoms with Gasteiger partial charge in [-0.3, -0.25) is 0 Å². The minimum absolute atomic E-state index is 0.0619. The van der Waals surface area contributed by atoms with Crippen LogP contribution in [0.4, 0.5) is 0 Å². The molecule has 2 aliphatic rings. The van der Waals surface area contributed by atoms with E-state index in [0.29, 0.717) is 25.0 Å². The van der Waals surface area contributed by atoms with Crippen molar-refractivity contribution in [2.45, 2.75) is 64.1 Å². The van der Waals surface area contributed by atoms with Crippen LogP contribution in [0.3, 0.4) is 0 Å². The summed E-state index contributed by atoms with van der Waals surface area (Å²) in [6.07, 6.45) is 2.32. The van der Waals surface area contributed by atoms with Gasteiger partial charge in [-0.05, 0) is 55.2 Å². The SMILES string of the molecule is CCc1ccc(Cc2cc3c(cc2C#N)CO[C@@]32C[C@@H](O)C[C@@H](C)O2)s1. The molecule has 4 rings (SSSR count). The van der Waals surface area contributed by atoms with Gasteiger partial charge in [-0.2, -0.15) is 5.26 Å². The van der Waals surface area contributed by atoms with E-state index in [2.05, 4.69) is 31.2 Å². The largest absolute Gasteiger partial charge is 0.393 e. The molecule has 0 bridgehead atoms. The monoisotopic (exact) mass is 369 g/mol. The molecule has 26 heavy (non-hydrogen) atoms. The van der Waals surface area contributed by atoms with Crippen LogP contribution < -0.4 is 0 Å². The first-order valence-corrected chi connectivity index (χ1v) is 9.98. The molecule has 1 saturated heterocycles. The lowest BCUT2D eigenvalue weighted by Gasteiger charge is -2.39. The number of thiophene rings is 1. The number of nitrogens with zero attached hydrogens (tertiary/aromatic N) is 1. The van der Waals surface area contributed by atoms with Crippen LogP contribution in [0.2, 0.25) is 0 Å². The van der Waals surface area contributed by atoms with Crippen LogP contribution in [0.5, 0.6) is 0 Å². The Morgan fingerprint density at radius 2 is 2.15 bits per heavy atom. The zero-order chi connectivity index (χ0) is 18.3. The van der Waals surface area contributed by atoms with E-state index in [1.807, 2.05) is 13.0 Å². The quantitative estimate of drug-likeness (QED) is 0.888. The van der Waals surface area contributed by atoms with Crippen LogP contribution in [-0.2, 0) is 34.7 Å². The predicted octanol–water partition coefficient (Wildman–Crippen LogP) is 4.02. The van der Waals surface area contributed by atoms with Gasteiger partial charge in [0.05, 0.1) is 30.4 Å². The molecule has 1 fully saturated rings. The van der Waals surface area contributed by atoms with Crippen molar-refractivity contribution in [2.75, 3.05) is 0 Å². The van der Waals surface area contributed by atoms with Gasteiger partial charge < -0.3 is 14.6 Å². The molecule has 1 aromatic heterocycles. The summed E-state index contributed by atoms with van der Waals surface area (Å²) < 4.78 is 12.2. The third-order valence-electron chi connectivity index (χ3n) is 5.25. The van der Waals surface area contributed by atoms with Crippen LogP contribution in [-0.4, -0.2) is 17.3 Å². The first kappa shape index (κ1) is 17.7. The van der Waals surface area contributed by atoms with Crippen molar-refractivity contribution < 1.29 is 14.6 Å². The second-order valence-electron chi connectivity index (χ2n) is 7.24. The number of rotatable bonds is 3. The second-order valence-corrected chi connectivity index (χ2v) is 8.49. The molecule has 1 N–H and O–H groups in total. The zero-order valence-corrected chi connectivity index (χ0v) is 15.9. The minimum Gasteiger partial charge on any atom is -0.393 e. The predicted molar refractivity (Wildman–Crippen MR) is 99.9 cm³/mol. The normalized spacial score (nSPS) is 27.5. The number of aliphatic hydroxyl groups is 1. The van der Waals surface area contributed by atoms with Gasteiger partial charge in [-0.15, -0.1) is 11.3 Å². The maximum Gasteiger partial charge on any atom is 0.198 e. The highest BCUT2D eigenvalue weighted by Crippen LogP contribution is 2.46. The zero-order valence-electron chi connectivity index (χ0n) is 15.1. The summed E-state index contributed by atoms with van der Waals surface area (Å²) in [5, 5.41) is 19.9. The molecule has 0 aliphatic carbocycles. The molecule has 5 heteroatoms. The summed E-state index contributed by atoms with van der Waals surface area (Å²) in [7, 11) is 0. The van der Waals surface area contributed by atoms with Crippen molar-refractivity contribution in [1.29, 1.82) is 5.26 Å². The van der Waals surface area contributed by atoms with Crippen molar-refractivity contribution in [3.63, 3.8) is 0 Å². The van der Waals surface area contributed by atoms with Gasteiger partial charge in [0, 0.05) is 28.2 Å².